The van der Waals surface area contributed by atoms with E-state index in [1.165, 1.54) is 0 Å². The van der Waals surface area contributed by atoms with Crippen LogP contribution in [-0.4, -0.2) is 84.5 Å². The largest absolute Gasteiger partial charge is 0.464 e. The van der Waals surface area contributed by atoms with E-state index in [2.05, 4.69) is 50.5 Å². The average molecular weight is 603 g/mol. The second-order valence-corrected chi connectivity index (χ2v) is 12.4. The number of carbonyl (C=O) groups is 4. The number of hydrogen-bond acceptors (Lipinski definition) is 13. The summed E-state index contributed by atoms with van der Waals surface area (Å²) in [6.45, 7) is 9.89. The van der Waals surface area contributed by atoms with Crippen LogP contribution in [0.25, 0.3) is 0 Å². The normalized spacial score (nSPS) is 17.8. The Labute approximate surface area is 242 Å². The highest BCUT2D eigenvalue weighted by Gasteiger charge is 2.37. The molecule has 0 fully saturated rings. The van der Waals surface area contributed by atoms with E-state index in [-0.39, 0.29) is 39.6 Å². The van der Waals surface area contributed by atoms with E-state index in [0.717, 1.165) is 0 Å². The third kappa shape index (κ3) is 13.7. The standard InChI is InChI=1S/C24H42O9S4/c1-7-23(11-30-19(25)15(3)34,12-31-20(26)16(4)35)9-29-10-24(8-2,13-32-21(27)17(5)36)14-33-22(28)18(6)37/h15-18,34-37H,7-14H2,1-6H3. The van der Waals surface area contributed by atoms with Crippen molar-refractivity contribution in [1.82, 2.24) is 0 Å². The van der Waals surface area contributed by atoms with Crippen molar-refractivity contribution in [3.63, 3.8) is 0 Å². The van der Waals surface area contributed by atoms with Crippen LogP contribution in [0.4, 0.5) is 0 Å². The lowest BCUT2D eigenvalue weighted by Crippen LogP contribution is -2.43. The Kier molecular flexibility index (Phi) is 17.4. The minimum Gasteiger partial charge on any atom is -0.464 e. The van der Waals surface area contributed by atoms with Crippen LogP contribution in [0.15, 0.2) is 0 Å². The molecular formula is C24H42O9S4. The minimum atomic E-state index is -0.858. The lowest BCUT2D eigenvalue weighted by Gasteiger charge is -2.35. The monoisotopic (exact) mass is 602 g/mol. The van der Waals surface area contributed by atoms with Crippen molar-refractivity contribution in [2.45, 2.75) is 75.4 Å². The van der Waals surface area contributed by atoms with Gasteiger partial charge in [-0.05, 0) is 40.5 Å². The van der Waals surface area contributed by atoms with Gasteiger partial charge in [0.15, 0.2) is 0 Å². The van der Waals surface area contributed by atoms with Gasteiger partial charge in [-0.2, -0.15) is 50.5 Å². The summed E-state index contributed by atoms with van der Waals surface area (Å²) in [6.07, 6.45) is 0.903. The van der Waals surface area contributed by atoms with Gasteiger partial charge < -0.3 is 23.7 Å². The fourth-order valence-electron chi connectivity index (χ4n) is 2.73. The first-order valence-corrected chi connectivity index (χ1v) is 14.2. The maximum absolute atomic E-state index is 12.1. The van der Waals surface area contributed by atoms with Crippen molar-refractivity contribution in [3.05, 3.63) is 0 Å². The quantitative estimate of drug-likeness (QED) is 0.107. The van der Waals surface area contributed by atoms with Crippen LogP contribution in [0, 0.1) is 10.8 Å². The van der Waals surface area contributed by atoms with Crippen LogP contribution in [0.1, 0.15) is 54.4 Å². The van der Waals surface area contributed by atoms with E-state index in [1.54, 1.807) is 27.7 Å². The Morgan fingerprint density at radius 1 is 0.514 bits per heavy atom. The molecule has 216 valence electrons. The molecule has 0 heterocycles. The minimum absolute atomic E-state index is 0.0432. The summed E-state index contributed by atoms with van der Waals surface area (Å²) in [6, 6.07) is 0. The first kappa shape index (κ1) is 36.2. The van der Waals surface area contributed by atoms with Crippen LogP contribution in [0.5, 0.6) is 0 Å². The molecule has 0 spiro atoms. The lowest BCUT2D eigenvalue weighted by molar-refractivity contribution is -0.162. The zero-order valence-electron chi connectivity index (χ0n) is 22.4. The van der Waals surface area contributed by atoms with Gasteiger partial charge in [-0.3, -0.25) is 19.2 Å². The number of ether oxygens (including phenoxy) is 5. The first-order chi connectivity index (χ1) is 17.1. The summed E-state index contributed by atoms with van der Waals surface area (Å²) in [4.78, 5) is 48.3. The van der Waals surface area contributed by atoms with Gasteiger partial charge in [-0.15, -0.1) is 0 Å². The van der Waals surface area contributed by atoms with E-state index in [9.17, 15) is 19.2 Å². The van der Waals surface area contributed by atoms with Crippen LogP contribution in [-0.2, 0) is 42.9 Å². The van der Waals surface area contributed by atoms with Gasteiger partial charge in [-0.1, -0.05) is 13.8 Å². The molecule has 13 heteroatoms. The number of esters is 4. The third-order valence-corrected chi connectivity index (χ3v) is 6.61. The Bertz CT molecular complexity index is 634. The van der Waals surface area contributed by atoms with Crippen LogP contribution in [0.2, 0.25) is 0 Å². The maximum atomic E-state index is 12.1. The molecule has 0 N–H and O–H groups in total. The zero-order valence-corrected chi connectivity index (χ0v) is 26.0. The molecule has 4 atom stereocenters. The molecule has 0 amide bonds. The molecule has 4 unspecified atom stereocenters. The summed E-state index contributed by atoms with van der Waals surface area (Å²) >= 11 is 16.4. The van der Waals surface area contributed by atoms with E-state index in [4.69, 9.17) is 23.7 Å². The molecule has 0 aliphatic rings. The predicted octanol–water partition coefficient (Wildman–Crippen LogP) is 3.24. The summed E-state index contributed by atoms with van der Waals surface area (Å²) in [5.74, 6) is -2.06. The Morgan fingerprint density at radius 3 is 0.892 bits per heavy atom. The van der Waals surface area contributed by atoms with Crippen molar-refractivity contribution >= 4 is 74.4 Å². The third-order valence-electron chi connectivity index (χ3n) is 5.76. The van der Waals surface area contributed by atoms with Crippen molar-refractivity contribution in [2.75, 3.05) is 39.6 Å². The highest BCUT2D eigenvalue weighted by atomic mass is 32.1. The molecule has 0 rings (SSSR count). The molecule has 0 aliphatic carbocycles. The van der Waals surface area contributed by atoms with Crippen molar-refractivity contribution in [1.29, 1.82) is 0 Å². The zero-order chi connectivity index (χ0) is 28.8. The molecule has 0 aliphatic heterocycles. The summed E-state index contributed by atoms with van der Waals surface area (Å²) in [7, 11) is 0. The van der Waals surface area contributed by atoms with Crippen molar-refractivity contribution in [3.8, 4) is 0 Å². The second-order valence-electron chi connectivity index (χ2n) is 9.33. The SMILES string of the molecule is CCC(COCC(CC)(COC(=O)C(C)S)COC(=O)C(C)S)(COC(=O)C(C)S)COC(=O)C(C)S. The Morgan fingerprint density at radius 2 is 0.730 bits per heavy atom. The molecule has 0 aromatic heterocycles. The molecule has 37 heavy (non-hydrogen) atoms. The number of hydrogen-bond donors (Lipinski definition) is 4. The average Bonchev–Trinajstić information content (AvgIpc) is 2.85. The fourth-order valence-corrected chi connectivity index (χ4v) is 3.02. The molecule has 0 radical (unpaired) electrons. The number of carbonyl (C=O) groups excluding carboxylic acids is 4. The molecule has 0 saturated carbocycles. The smallest absolute Gasteiger partial charge is 0.318 e. The van der Waals surface area contributed by atoms with E-state index < -0.39 is 55.7 Å². The van der Waals surface area contributed by atoms with Crippen LogP contribution >= 0.6 is 50.5 Å². The summed E-state index contributed by atoms with van der Waals surface area (Å²) < 4.78 is 27.7. The van der Waals surface area contributed by atoms with E-state index in [0.29, 0.717) is 12.8 Å². The highest BCUT2D eigenvalue weighted by Crippen LogP contribution is 2.29. The van der Waals surface area contributed by atoms with Gasteiger partial charge >= 0.3 is 23.9 Å². The molecule has 9 nitrogen and oxygen atoms in total. The van der Waals surface area contributed by atoms with Crippen molar-refractivity contribution in [2.24, 2.45) is 10.8 Å². The molecular weight excluding hydrogens is 561 g/mol. The molecule has 0 saturated heterocycles. The van der Waals surface area contributed by atoms with Crippen molar-refractivity contribution < 1.29 is 42.9 Å². The van der Waals surface area contributed by atoms with Gasteiger partial charge in [0.25, 0.3) is 0 Å². The molecule has 0 aromatic carbocycles. The Balaban J connectivity index is 5.69. The van der Waals surface area contributed by atoms with Gasteiger partial charge in [-0.25, -0.2) is 0 Å². The van der Waals surface area contributed by atoms with E-state index >= 15 is 0 Å². The fraction of sp³-hybridized carbons (Fsp3) is 0.833. The lowest BCUT2D eigenvalue weighted by atomic mass is 9.86. The highest BCUT2D eigenvalue weighted by molar-refractivity contribution is 7.82. The van der Waals surface area contributed by atoms with Gasteiger partial charge in [0.1, 0.15) is 26.4 Å². The van der Waals surface area contributed by atoms with Gasteiger partial charge in [0, 0.05) is 0 Å². The van der Waals surface area contributed by atoms with Crippen LogP contribution < -0.4 is 0 Å². The number of rotatable bonds is 18. The Hall–Kier alpha value is -0.760. The topological polar surface area (TPSA) is 114 Å². The molecule has 0 aromatic rings. The van der Waals surface area contributed by atoms with Gasteiger partial charge in [0.2, 0.25) is 0 Å². The first-order valence-electron chi connectivity index (χ1n) is 12.1. The predicted molar refractivity (Wildman–Crippen MR) is 154 cm³/mol. The van der Waals surface area contributed by atoms with Crippen LogP contribution in [0.3, 0.4) is 0 Å². The number of thiol groups is 4. The second kappa shape index (κ2) is 17.8. The maximum Gasteiger partial charge on any atom is 0.318 e. The molecule has 0 bridgehead atoms. The summed E-state index contributed by atoms with van der Waals surface area (Å²) in [5.41, 5.74) is -1.72. The van der Waals surface area contributed by atoms with E-state index in [1.807, 2.05) is 13.8 Å². The summed E-state index contributed by atoms with van der Waals surface area (Å²) in [5, 5.41) is -2.51. The van der Waals surface area contributed by atoms with Gasteiger partial charge in [0.05, 0.1) is 45.0 Å².